The highest BCUT2D eigenvalue weighted by Crippen LogP contribution is 2.34. The number of halogens is 1. The molecule has 0 radical (unpaired) electrons. The van der Waals surface area contributed by atoms with E-state index in [2.05, 4.69) is 17.0 Å². The summed E-state index contributed by atoms with van der Waals surface area (Å²) in [4.78, 5) is 18.2. The fourth-order valence-electron chi connectivity index (χ4n) is 3.22. The molecule has 1 aromatic carbocycles. The quantitative estimate of drug-likeness (QED) is 0.917. The number of hydrogen-bond donors (Lipinski definition) is 1. The van der Waals surface area contributed by atoms with Gasteiger partial charge in [-0.1, -0.05) is 18.6 Å². The van der Waals surface area contributed by atoms with Crippen molar-refractivity contribution >= 4 is 35.8 Å². The zero-order valence-electron chi connectivity index (χ0n) is 12.7. The third kappa shape index (κ3) is 3.77. The second-order valence-corrected chi connectivity index (χ2v) is 6.85. The molecule has 2 aliphatic rings. The van der Waals surface area contributed by atoms with E-state index in [0.29, 0.717) is 19.1 Å². The number of nitrogens with two attached hydrogens (primary N) is 1. The summed E-state index contributed by atoms with van der Waals surface area (Å²) in [5.74, 6) is 1.19. The van der Waals surface area contributed by atoms with Crippen LogP contribution in [0.1, 0.15) is 19.3 Å². The van der Waals surface area contributed by atoms with E-state index in [-0.39, 0.29) is 18.3 Å². The van der Waals surface area contributed by atoms with Crippen LogP contribution < -0.4 is 10.6 Å². The molecular weight excluding hydrogens is 318 g/mol. The maximum Gasteiger partial charge on any atom is 0.241 e. The van der Waals surface area contributed by atoms with Gasteiger partial charge in [0, 0.05) is 29.8 Å². The molecule has 2 aliphatic heterocycles. The first-order valence-electron chi connectivity index (χ1n) is 7.76. The average molecular weight is 342 g/mol. The number of anilines is 1. The molecule has 1 aromatic rings. The maximum absolute atomic E-state index is 12.7. The molecule has 1 amide bonds. The number of hydrogen-bond acceptors (Lipinski definition) is 4. The van der Waals surface area contributed by atoms with Gasteiger partial charge in [-0.15, -0.1) is 24.2 Å². The number of rotatable bonds is 3. The first kappa shape index (κ1) is 17.6. The number of carbonyl (C=O) groups excluding carboxylic acids is 1. The summed E-state index contributed by atoms with van der Waals surface area (Å²) >= 11 is 1.83. The Balaban J connectivity index is 0.00000176. The minimum Gasteiger partial charge on any atom is -0.329 e. The van der Waals surface area contributed by atoms with Gasteiger partial charge in [-0.05, 0) is 31.5 Å². The number of likely N-dealkylation sites (tertiary alicyclic amines) is 1. The van der Waals surface area contributed by atoms with E-state index < -0.39 is 0 Å². The van der Waals surface area contributed by atoms with Gasteiger partial charge in [0.1, 0.15) is 0 Å². The summed E-state index contributed by atoms with van der Waals surface area (Å²) in [5, 5.41) is 0. The lowest BCUT2D eigenvalue weighted by Crippen LogP contribution is -2.50. The molecule has 122 valence electrons. The van der Waals surface area contributed by atoms with Crippen molar-refractivity contribution in [2.45, 2.75) is 30.2 Å². The fraction of sp³-hybridized carbons (Fsp3) is 0.562. The second kappa shape index (κ2) is 8.20. The number of thioether (sulfide) groups is 1. The number of amides is 1. The summed E-state index contributed by atoms with van der Waals surface area (Å²) in [6.45, 7) is 2.96. The van der Waals surface area contributed by atoms with Crippen LogP contribution >= 0.6 is 24.2 Å². The number of benzene rings is 1. The van der Waals surface area contributed by atoms with Crippen LogP contribution in [-0.2, 0) is 4.79 Å². The monoisotopic (exact) mass is 341 g/mol. The van der Waals surface area contributed by atoms with Crippen LogP contribution in [0.5, 0.6) is 0 Å². The van der Waals surface area contributed by atoms with Gasteiger partial charge in [0.15, 0.2) is 0 Å². The molecule has 2 N–H and O–H groups in total. The van der Waals surface area contributed by atoms with Crippen molar-refractivity contribution in [3.63, 3.8) is 0 Å². The van der Waals surface area contributed by atoms with Crippen LogP contribution in [0.2, 0.25) is 0 Å². The lowest BCUT2D eigenvalue weighted by molar-refractivity contribution is -0.120. The third-order valence-electron chi connectivity index (χ3n) is 4.39. The van der Waals surface area contributed by atoms with E-state index in [1.54, 1.807) is 0 Å². The molecule has 0 saturated carbocycles. The Morgan fingerprint density at radius 2 is 2.09 bits per heavy atom. The molecule has 6 heteroatoms. The fourth-order valence-corrected chi connectivity index (χ4v) is 4.22. The molecule has 3 rings (SSSR count). The molecule has 4 nitrogen and oxygen atoms in total. The van der Waals surface area contributed by atoms with Gasteiger partial charge >= 0.3 is 0 Å². The van der Waals surface area contributed by atoms with Gasteiger partial charge in [-0.2, -0.15) is 0 Å². The topological polar surface area (TPSA) is 49.6 Å². The normalized spacial score (nSPS) is 21.9. The summed E-state index contributed by atoms with van der Waals surface area (Å²) in [6, 6.07) is 8.57. The van der Waals surface area contributed by atoms with Crippen LogP contribution in [0.15, 0.2) is 29.2 Å². The molecule has 0 aliphatic carbocycles. The van der Waals surface area contributed by atoms with Crippen molar-refractivity contribution in [1.82, 2.24) is 4.90 Å². The maximum atomic E-state index is 12.7. The Labute approximate surface area is 142 Å². The summed E-state index contributed by atoms with van der Waals surface area (Å²) in [5.41, 5.74) is 6.92. The van der Waals surface area contributed by atoms with Crippen molar-refractivity contribution in [1.29, 1.82) is 0 Å². The molecule has 2 heterocycles. The van der Waals surface area contributed by atoms with Crippen LogP contribution in [-0.4, -0.2) is 48.8 Å². The highest BCUT2D eigenvalue weighted by Gasteiger charge is 2.27. The molecular formula is C16H24ClN3OS. The van der Waals surface area contributed by atoms with Crippen LogP contribution in [0, 0.1) is 0 Å². The molecule has 0 spiro atoms. The van der Waals surface area contributed by atoms with E-state index in [9.17, 15) is 4.79 Å². The zero-order valence-corrected chi connectivity index (χ0v) is 14.4. The van der Waals surface area contributed by atoms with Gasteiger partial charge in [0.2, 0.25) is 5.91 Å². The highest BCUT2D eigenvalue weighted by molar-refractivity contribution is 7.99. The van der Waals surface area contributed by atoms with Crippen LogP contribution in [0.3, 0.4) is 0 Å². The van der Waals surface area contributed by atoms with E-state index in [1.807, 2.05) is 28.8 Å². The van der Waals surface area contributed by atoms with Gasteiger partial charge in [0.05, 0.1) is 12.2 Å². The lowest BCUT2D eigenvalue weighted by Gasteiger charge is -2.37. The number of piperidine rings is 1. The molecule has 22 heavy (non-hydrogen) atoms. The lowest BCUT2D eigenvalue weighted by atomic mass is 10.0. The predicted molar refractivity (Wildman–Crippen MR) is 95.0 cm³/mol. The van der Waals surface area contributed by atoms with E-state index >= 15 is 0 Å². The average Bonchev–Trinajstić information content (AvgIpc) is 2.54. The standard InChI is InChI=1S/C16H23N3OS.ClH/c17-11-13-5-3-4-8-18(13)12-16(20)19-9-10-21-15-7-2-1-6-14(15)19;/h1-2,6-7,13H,3-5,8-12,17H2;1H. The van der Waals surface area contributed by atoms with Gasteiger partial charge in [-0.3, -0.25) is 9.69 Å². The largest absolute Gasteiger partial charge is 0.329 e. The van der Waals surface area contributed by atoms with Crippen molar-refractivity contribution in [2.75, 3.05) is 36.8 Å². The first-order chi connectivity index (χ1) is 10.3. The van der Waals surface area contributed by atoms with E-state index in [1.165, 1.54) is 17.7 Å². The molecule has 1 unspecified atom stereocenters. The Hall–Kier alpha value is -0.750. The van der Waals surface area contributed by atoms with Crippen molar-refractivity contribution in [3.8, 4) is 0 Å². The zero-order chi connectivity index (χ0) is 14.7. The number of nitrogens with zero attached hydrogens (tertiary/aromatic N) is 2. The summed E-state index contributed by atoms with van der Waals surface area (Å²) in [7, 11) is 0. The third-order valence-corrected chi connectivity index (χ3v) is 5.43. The van der Waals surface area contributed by atoms with Gasteiger partial charge < -0.3 is 10.6 Å². The summed E-state index contributed by atoms with van der Waals surface area (Å²) in [6.07, 6.45) is 3.53. The van der Waals surface area contributed by atoms with Crippen molar-refractivity contribution in [3.05, 3.63) is 24.3 Å². The molecule has 0 aromatic heterocycles. The Kier molecular flexibility index (Phi) is 6.56. The minimum absolute atomic E-state index is 0. The molecule has 1 fully saturated rings. The number of fused-ring (bicyclic) bond motifs is 1. The Morgan fingerprint density at radius 3 is 2.91 bits per heavy atom. The smallest absolute Gasteiger partial charge is 0.241 e. The molecule has 1 atom stereocenters. The van der Waals surface area contributed by atoms with Gasteiger partial charge in [0.25, 0.3) is 0 Å². The first-order valence-corrected chi connectivity index (χ1v) is 8.74. The minimum atomic E-state index is 0. The Bertz CT molecular complexity index is 514. The molecule has 0 bridgehead atoms. The van der Waals surface area contributed by atoms with Gasteiger partial charge in [-0.25, -0.2) is 0 Å². The Morgan fingerprint density at radius 1 is 1.27 bits per heavy atom. The van der Waals surface area contributed by atoms with Crippen LogP contribution in [0.25, 0.3) is 0 Å². The summed E-state index contributed by atoms with van der Waals surface area (Å²) < 4.78 is 0. The van der Waals surface area contributed by atoms with Crippen molar-refractivity contribution < 1.29 is 4.79 Å². The van der Waals surface area contributed by atoms with Crippen LogP contribution in [0.4, 0.5) is 5.69 Å². The highest BCUT2D eigenvalue weighted by atomic mass is 35.5. The predicted octanol–water partition coefficient (Wildman–Crippen LogP) is 2.36. The number of para-hydroxylation sites is 1. The molecule has 1 saturated heterocycles. The second-order valence-electron chi connectivity index (χ2n) is 5.72. The van der Waals surface area contributed by atoms with Crippen molar-refractivity contribution in [2.24, 2.45) is 5.73 Å². The number of carbonyl (C=O) groups is 1. The SMILES string of the molecule is Cl.NCC1CCCCN1CC(=O)N1CCSc2ccccc21. The van der Waals surface area contributed by atoms with E-state index in [4.69, 9.17) is 5.73 Å². The van der Waals surface area contributed by atoms with E-state index in [0.717, 1.165) is 31.0 Å².